The van der Waals surface area contributed by atoms with Crippen LogP contribution < -0.4 is 0 Å². The van der Waals surface area contributed by atoms with Crippen molar-refractivity contribution in [3.8, 4) is 0 Å². The molecule has 1 radical (unpaired) electrons. The van der Waals surface area contributed by atoms with Crippen LogP contribution in [0.3, 0.4) is 0 Å². The third-order valence-corrected chi connectivity index (χ3v) is 1.69. The zero-order valence-electron chi connectivity index (χ0n) is 6.17. The number of fused-ring (bicyclic) bond motifs is 1. The molecule has 1 heteroatoms. The Kier molecular flexibility index (Phi) is 2.72. The molecule has 0 bridgehead atoms. The molecule has 0 saturated heterocycles. The molecule has 45 valence electrons. The minimum Gasteiger partial charge on any atom is -0.0795 e. The van der Waals surface area contributed by atoms with Crippen molar-refractivity contribution < 1.29 is 0 Å². The monoisotopic (exact) mass is 139 g/mol. The minimum atomic E-state index is 0. The Hall–Kier alpha value is -0.0400. The summed E-state index contributed by atoms with van der Waals surface area (Å²) < 4.78 is 0. The fraction of sp³-hybridized carbons (Fsp3) is 0.111. The number of hydrogen-bond donors (Lipinski definition) is 0. The van der Waals surface area contributed by atoms with Crippen LogP contribution in [0.4, 0.5) is 0 Å². The van der Waals surface area contributed by atoms with Gasteiger partial charge in [0.25, 0.3) is 0 Å². The maximum atomic E-state index is 2.20. The average Bonchev–Trinajstić information content (AvgIpc) is 2.33. The van der Waals surface area contributed by atoms with E-state index in [0.717, 1.165) is 6.42 Å². The molecule has 0 N–H and O–H groups in total. The normalized spacial score (nSPS) is 12.4. The van der Waals surface area contributed by atoms with Crippen molar-refractivity contribution in [1.29, 1.82) is 0 Å². The Morgan fingerprint density at radius 2 is 1.90 bits per heavy atom. The van der Waals surface area contributed by atoms with E-state index in [0.29, 0.717) is 0 Å². The van der Waals surface area contributed by atoms with Gasteiger partial charge >= 0.3 is 0 Å². The summed E-state index contributed by atoms with van der Waals surface area (Å²) in [5, 5.41) is 0. The summed E-state index contributed by atoms with van der Waals surface area (Å²) in [7, 11) is 0. The first kappa shape index (κ1) is 8.06. The number of benzene rings is 1. The van der Waals surface area contributed by atoms with Gasteiger partial charge in [-0.05, 0) is 17.5 Å². The van der Waals surface area contributed by atoms with E-state index in [1.165, 1.54) is 11.1 Å². The molecule has 1 aromatic carbocycles. The molecule has 0 saturated carbocycles. The predicted octanol–water partition coefficient (Wildman–Crippen LogP) is 1.88. The van der Waals surface area contributed by atoms with Crippen molar-refractivity contribution in [3.63, 3.8) is 0 Å². The van der Waals surface area contributed by atoms with Gasteiger partial charge < -0.3 is 0 Å². The van der Waals surface area contributed by atoms with Crippen molar-refractivity contribution in [3.05, 3.63) is 41.5 Å². The summed E-state index contributed by atoms with van der Waals surface area (Å²) in [6.07, 6.45) is 5.50. The van der Waals surface area contributed by atoms with Crippen LogP contribution in [0.25, 0.3) is 6.08 Å². The number of allylic oxidation sites excluding steroid dienone is 1. The zero-order valence-corrected chi connectivity index (χ0v) is 8.17. The van der Waals surface area contributed by atoms with Gasteiger partial charge in [0.2, 0.25) is 0 Å². The molecule has 0 spiro atoms. The molecule has 0 nitrogen and oxygen atoms in total. The third-order valence-electron chi connectivity index (χ3n) is 1.69. The van der Waals surface area contributed by atoms with Gasteiger partial charge in [-0.2, -0.15) is 0 Å². The van der Waals surface area contributed by atoms with Crippen LogP contribution >= 0.6 is 0 Å². The quantitative estimate of drug-likeness (QED) is 0.481. The first-order valence-electron chi connectivity index (χ1n) is 3.21. The first-order chi connectivity index (χ1) is 4.47. The minimum absolute atomic E-state index is 0. The van der Waals surface area contributed by atoms with Crippen LogP contribution in [0.1, 0.15) is 11.1 Å². The van der Waals surface area contributed by atoms with Crippen molar-refractivity contribution in [2.24, 2.45) is 0 Å². The van der Waals surface area contributed by atoms with E-state index in [2.05, 4.69) is 36.4 Å². The Bertz CT molecular complexity index is 251. The number of hydrogen-bond acceptors (Lipinski definition) is 0. The van der Waals surface area contributed by atoms with Gasteiger partial charge in [0.15, 0.2) is 0 Å². The molecule has 0 amide bonds. The largest absolute Gasteiger partial charge is 0.0795 e. The third kappa shape index (κ3) is 1.34. The summed E-state index contributed by atoms with van der Waals surface area (Å²) in [5.74, 6) is 0. The maximum absolute atomic E-state index is 2.20. The summed E-state index contributed by atoms with van der Waals surface area (Å²) in [4.78, 5) is 0. The van der Waals surface area contributed by atoms with Crippen LogP contribution in [0.2, 0.25) is 0 Å². The molecular weight excluding hydrogens is 131 g/mol. The molecule has 0 atom stereocenters. The fourth-order valence-corrected chi connectivity index (χ4v) is 1.20. The van der Waals surface area contributed by atoms with Gasteiger partial charge in [0.05, 0.1) is 0 Å². The predicted molar refractivity (Wildman–Crippen MR) is 44.9 cm³/mol. The Morgan fingerprint density at radius 1 is 1.10 bits per heavy atom. The van der Waals surface area contributed by atoms with Gasteiger partial charge in [0.1, 0.15) is 0 Å². The van der Waals surface area contributed by atoms with Crippen molar-refractivity contribution >= 4 is 35.6 Å². The maximum Gasteiger partial charge on any atom is 0 e. The molecule has 1 aromatic rings. The molecule has 10 heavy (non-hydrogen) atoms. The van der Waals surface area contributed by atoms with E-state index >= 15 is 0 Å². The Labute approximate surface area is 83.2 Å². The van der Waals surface area contributed by atoms with Gasteiger partial charge in [-0.3, -0.25) is 0 Å². The number of rotatable bonds is 0. The van der Waals surface area contributed by atoms with Crippen molar-refractivity contribution in [1.82, 2.24) is 0 Å². The van der Waals surface area contributed by atoms with E-state index in [1.54, 1.807) is 0 Å². The van der Waals surface area contributed by atoms with Crippen LogP contribution in [-0.4, -0.2) is 29.6 Å². The Balaban J connectivity index is 0.000000500. The molecule has 2 rings (SSSR count). The summed E-state index contributed by atoms with van der Waals surface area (Å²) in [5.41, 5.74) is 2.84. The molecule has 1 aliphatic rings. The molecule has 1 aliphatic carbocycles. The van der Waals surface area contributed by atoms with E-state index < -0.39 is 0 Å². The van der Waals surface area contributed by atoms with Crippen molar-refractivity contribution in [2.75, 3.05) is 0 Å². The molecule has 0 fully saturated rings. The van der Waals surface area contributed by atoms with Crippen LogP contribution in [0.15, 0.2) is 30.3 Å². The van der Waals surface area contributed by atoms with Gasteiger partial charge in [-0.1, -0.05) is 36.4 Å². The molecule has 0 aromatic heterocycles. The fourth-order valence-electron chi connectivity index (χ4n) is 1.20. The summed E-state index contributed by atoms with van der Waals surface area (Å²) in [6.45, 7) is 0. The second-order valence-electron chi connectivity index (χ2n) is 2.31. The van der Waals surface area contributed by atoms with Gasteiger partial charge in [0, 0.05) is 29.6 Å². The van der Waals surface area contributed by atoms with E-state index in [9.17, 15) is 0 Å². The molecule has 0 aliphatic heterocycles. The van der Waals surface area contributed by atoms with Crippen LogP contribution in [0, 0.1) is 0 Å². The summed E-state index contributed by atoms with van der Waals surface area (Å²) in [6, 6.07) is 8.49. The molecule has 0 heterocycles. The SMILES string of the molecule is C1=Cc2ccccc2C1.[Na]. The van der Waals surface area contributed by atoms with Crippen LogP contribution in [0.5, 0.6) is 0 Å². The summed E-state index contributed by atoms with van der Waals surface area (Å²) >= 11 is 0. The first-order valence-corrected chi connectivity index (χ1v) is 3.21. The zero-order chi connectivity index (χ0) is 6.10. The smallest absolute Gasteiger partial charge is 0 e. The van der Waals surface area contributed by atoms with Gasteiger partial charge in [-0.25, -0.2) is 0 Å². The Morgan fingerprint density at radius 3 is 2.70 bits per heavy atom. The van der Waals surface area contributed by atoms with Crippen molar-refractivity contribution in [2.45, 2.75) is 6.42 Å². The van der Waals surface area contributed by atoms with E-state index in [-0.39, 0.29) is 29.6 Å². The molecular formula is C9H8Na. The standard InChI is InChI=1S/C9H8.Na/c1-2-5-9-7-3-6-8(9)4-1;/h1-6H,7H2;. The van der Waals surface area contributed by atoms with E-state index in [4.69, 9.17) is 0 Å². The van der Waals surface area contributed by atoms with E-state index in [1.807, 2.05) is 0 Å². The van der Waals surface area contributed by atoms with Gasteiger partial charge in [-0.15, -0.1) is 0 Å². The second kappa shape index (κ2) is 3.38. The average molecular weight is 139 g/mol. The second-order valence-corrected chi connectivity index (χ2v) is 2.31. The molecule has 0 unspecified atom stereocenters. The topological polar surface area (TPSA) is 0 Å². The van der Waals surface area contributed by atoms with Crippen LogP contribution in [-0.2, 0) is 6.42 Å².